The van der Waals surface area contributed by atoms with E-state index < -0.39 is 6.04 Å². The van der Waals surface area contributed by atoms with E-state index >= 15 is 0 Å². The van der Waals surface area contributed by atoms with Gasteiger partial charge in [0.15, 0.2) is 11.5 Å². The third kappa shape index (κ3) is 6.07. The highest BCUT2D eigenvalue weighted by Crippen LogP contribution is 2.31. The summed E-state index contributed by atoms with van der Waals surface area (Å²) in [5.74, 6) is 0.627. The van der Waals surface area contributed by atoms with Crippen LogP contribution in [0.5, 0.6) is 11.5 Å². The van der Waals surface area contributed by atoms with Crippen molar-refractivity contribution >= 4 is 11.8 Å². The first-order chi connectivity index (χ1) is 16.5. The zero-order valence-electron chi connectivity index (χ0n) is 19.7. The Morgan fingerprint density at radius 2 is 1.79 bits per heavy atom. The molecule has 1 aliphatic heterocycles. The quantitative estimate of drug-likeness (QED) is 0.624. The molecule has 6 nitrogen and oxygen atoms in total. The fourth-order valence-corrected chi connectivity index (χ4v) is 4.60. The molecule has 4 rings (SSSR count). The first-order valence-electron chi connectivity index (χ1n) is 12.2. The number of hydrogen-bond donors (Lipinski definition) is 1. The van der Waals surface area contributed by atoms with E-state index in [0.717, 1.165) is 31.2 Å². The van der Waals surface area contributed by atoms with Crippen molar-refractivity contribution in [2.75, 3.05) is 13.2 Å². The van der Waals surface area contributed by atoms with E-state index in [-0.39, 0.29) is 36.6 Å². The average molecular weight is 469 g/mol. The highest BCUT2D eigenvalue weighted by molar-refractivity contribution is 5.87. The summed E-state index contributed by atoms with van der Waals surface area (Å²) in [6.07, 6.45) is 6.02. The maximum absolute atomic E-state index is 14.4. The van der Waals surface area contributed by atoms with Crippen LogP contribution in [0.25, 0.3) is 0 Å². The summed E-state index contributed by atoms with van der Waals surface area (Å²) in [4.78, 5) is 27.9. The van der Waals surface area contributed by atoms with Crippen LogP contribution in [0.1, 0.15) is 56.6 Å². The van der Waals surface area contributed by atoms with Crippen molar-refractivity contribution in [2.45, 2.75) is 70.5 Å². The van der Waals surface area contributed by atoms with Crippen LogP contribution in [-0.2, 0) is 22.6 Å². The first kappa shape index (κ1) is 24.0. The topological polar surface area (TPSA) is 67.9 Å². The molecule has 34 heavy (non-hydrogen) atoms. The molecule has 2 aromatic carbocycles. The zero-order valence-corrected chi connectivity index (χ0v) is 19.7. The fraction of sp³-hybridized carbons (Fsp3) is 0.481. The minimum atomic E-state index is -0.700. The highest BCUT2D eigenvalue weighted by Gasteiger charge is 2.28. The van der Waals surface area contributed by atoms with Gasteiger partial charge in [0.25, 0.3) is 0 Å². The first-order valence-corrected chi connectivity index (χ1v) is 12.2. The molecule has 2 aliphatic rings. The Morgan fingerprint density at radius 3 is 2.56 bits per heavy atom. The van der Waals surface area contributed by atoms with Crippen molar-refractivity contribution in [3.8, 4) is 11.5 Å². The molecular weight excluding hydrogens is 435 g/mol. The third-order valence-electron chi connectivity index (χ3n) is 6.65. The molecule has 0 aromatic heterocycles. The van der Waals surface area contributed by atoms with E-state index in [0.29, 0.717) is 36.7 Å². The number of amides is 2. The number of carbonyl (C=O) groups excluding carboxylic acids is 2. The average Bonchev–Trinajstić information content (AvgIpc) is 2.87. The number of benzene rings is 2. The van der Waals surface area contributed by atoms with Crippen molar-refractivity contribution in [2.24, 2.45) is 0 Å². The van der Waals surface area contributed by atoms with Gasteiger partial charge in [-0.25, -0.2) is 4.39 Å². The van der Waals surface area contributed by atoms with Gasteiger partial charge in [-0.05, 0) is 49.9 Å². The number of halogens is 1. The smallest absolute Gasteiger partial charge is 0.242 e. The minimum Gasteiger partial charge on any atom is -0.486 e. The molecule has 0 saturated heterocycles. The van der Waals surface area contributed by atoms with E-state index in [1.807, 2.05) is 18.2 Å². The number of carbonyl (C=O) groups is 2. The van der Waals surface area contributed by atoms with Gasteiger partial charge in [0.05, 0.1) is 0 Å². The van der Waals surface area contributed by atoms with Gasteiger partial charge in [0.2, 0.25) is 11.8 Å². The minimum absolute atomic E-state index is 0.0475. The molecule has 182 valence electrons. The molecule has 0 spiro atoms. The van der Waals surface area contributed by atoms with E-state index in [2.05, 4.69) is 5.32 Å². The lowest BCUT2D eigenvalue weighted by Gasteiger charge is -2.31. The molecule has 0 unspecified atom stereocenters. The van der Waals surface area contributed by atoms with Gasteiger partial charge in [0, 0.05) is 24.6 Å². The molecule has 1 N–H and O–H groups in total. The summed E-state index contributed by atoms with van der Waals surface area (Å²) in [6, 6.07) is 11.5. The maximum Gasteiger partial charge on any atom is 0.242 e. The number of aryl methyl sites for hydroxylation is 1. The van der Waals surface area contributed by atoms with E-state index in [4.69, 9.17) is 9.47 Å². The second-order valence-corrected chi connectivity index (χ2v) is 9.11. The monoisotopic (exact) mass is 468 g/mol. The molecule has 1 fully saturated rings. The fourth-order valence-electron chi connectivity index (χ4n) is 4.60. The summed E-state index contributed by atoms with van der Waals surface area (Å²) < 4.78 is 25.6. The van der Waals surface area contributed by atoms with Crippen LogP contribution in [0, 0.1) is 5.82 Å². The summed E-state index contributed by atoms with van der Waals surface area (Å²) in [7, 11) is 0. The third-order valence-corrected chi connectivity index (χ3v) is 6.65. The van der Waals surface area contributed by atoms with Gasteiger partial charge in [-0.3, -0.25) is 9.59 Å². The molecule has 1 aliphatic carbocycles. The normalized spacial score (nSPS) is 16.5. The Hall–Kier alpha value is -3.09. The molecule has 1 saturated carbocycles. The number of hydrogen-bond acceptors (Lipinski definition) is 4. The number of nitrogens with zero attached hydrogens (tertiary/aromatic N) is 1. The van der Waals surface area contributed by atoms with Gasteiger partial charge in [-0.1, -0.05) is 43.5 Å². The van der Waals surface area contributed by atoms with Crippen LogP contribution in [0.4, 0.5) is 4.39 Å². The van der Waals surface area contributed by atoms with Crippen molar-refractivity contribution in [3.05, 3.63) is 59.4 Å². The van der Waals surface area contributed by atoms with Crippen LogP contribution in [-0.4, -0.2) is 42.0 Å². The highest BCUT2D eigenvalue weighted by atomic mass is 19.1. The standard InChI is InChI=1S/C27H33FN2O4/c1-19(27(32)29-22-8-3-2-4-9-22)30(18-21-7-5-6-10-23(21)28)26(31)14-12-20-11-13-24-25(17-20)34-16-15-33-24/h5-7,10-11,13,17,19,22H,2-4,8-9,12,14-16,18H2,1H3,(H,29,32)/t19-/m0/s1. The van der Waals surface area contributed by atoms with Crippen LogP contribution >= 0.6 is 0 Å². The lowest BCUT2D eigenvalue weighted by molar-refractivity contribution is -0.141. The molecule has 0 radical (unpaired) electrons. The predicted octanol–water partition coefficient (Wildman–Crippen LogP) is 4.40. The Morgan fingerprint density at radius 1 is 1.06 bits per heavy atom. The summed E-state index contributed by atoms with van der Waals surface area (Å²) >= 11 is 0. The molecule has 1 atom stereocenters. The van der Waals surface area contributed by atoms with Gasteiger partial charge in [-0.2, -0.15) is 0 Å². The Labute approximate surface area is 200 Å². The number of nitrogens with one attached hydrogen (secondary N) is 1. The van der Waals surface area contributed by atoms with Crippen molar-refractivity contribution < 1.29 is 23.5 Å². The molecule has 2 aromatic rings. The Kier molecular flexibility index (Phi) is 8.03. The van der Waals surface area contributed by atoms with E-state index in [9.17, 15) is 14.0 Å². The molecule has 7 heteroatoms. The largest absolute Gasteiger partial charge is 0.486 e. The SMILES string of the molecule is C[C@@H](C(=O)NC1CCCCC1)N(Cc1ccccc1F)C(=O)CCc1ccc2c(c1)OCCO2. The van der Waals surface area contributed by atoms with Crippen LogP contribution in [0.3, 0.4) is 0 Å². The van der Waals surface area contributed by atoms with Gasteiger partial charge in [0.1, 0.15) is 25.1 Å². The molecule has 0 bridgehead atoms. The molecule has 2 amide bonds. The van der Waals surface area contributed by atoms with Gasteiger partial charge in [-0.15, -0.1) is 0 Å². The zero-order chi connectivity index (χ0) is 23.9. The number of ether oxygens (including phenoxy) is 2. The number of rotatable bonds is 8. The van der Waals surface area contributed by atoms with Crippen molar-refractivity contribution in [1.82, 2.24) is 10.2 Å². The van der Waals surface area contributed by atoms with Crippen LogP contribution < -0.4 is 14.8 Å². The summed E-state index contributed by atoms with van der Waals surface area (Å²) in [6.45, 7) is 2.79. The number of fused-ring (bicyclic) bond motifs is 1. The molecule has 1 heterocycles. The Balaban J connectivity index is 1.45. The maximum atomic E-state index is 14.4. The second kappa shape index (κ2) is 11.4. The lowest BCUT2D eigenvalue weighted by atomic mass is 9.95. The van der Waals surface area contributed by atoms with Gasteiger partial charge < -0.3 is 19.7 Å². The summed E-state index contributed by atoms with van der Waals surface area (Å²) in [5, 5.41) is 3.11. The Bertz CT molecular complexity index is 1010. The van der Waals surface area contributed by atoms with Crippen molar-refractivity contribution in [1.29, 1.82) is 0 Å². The van der Waals surface area contributed by atoms with Gasteiger partial charge >= 0.3 is 0 Å². The van der Waals surface area contributed by atoms with E-state index in [1.165, 1.54) is 17.4 Å². The molecular formula is C27H33FN2O4. The van der Waals surface area contributed by atoms with Crippen molar-refractivity contribution in [3.63, 3.8) is 0 Å². The lowest BCUT2D eigenvalue weighted by Crippen LogP contribution is -2.50. The van der Waals surface area contributed by atoms with Crippen LogP contribution in [0.2, 0.25) is 0 Å². The summed E-state index contributed by atoms with van der Waals surface area (Å²) in [5.41, 5.74) is 1.34. The second-order valence-electron chi connectivity index (χ2n) is 9.11. The van der Waals surface area contributed by atoms with Crippen LogP contribution in [0.15, 0.2) is 42.5 Å². The predicted molar refractivity (Wildman–Crippen MR) is 127 cm³/mol. The van der Waals surface area contributed by atoms with E-state index in [1.54, 1.807) is 25.1 Å².